The van der Waals surface area contributed by atoms with Crippen molar-refractivity contribution in [3.05, 3.63) is 48.0 Å². The van der Waals surface area contributed by atoms with E-state index in [9.17, 15) is 19.5 Å². The molecule has 276 valence electrons. The van der Waals surface area contributed by atoms with Gasteiger partial charge >= 0.3 is 17.9 Å². The van der Waals surface area contributed by atoms with Crippen LogP contribution in [0.1, 0.15) is 138 Å². The molecule has 6 rings (SSSR count). The van der Waals surface area contributed by atoms with Crippen molar-refractivity contribution >= 4 is 17.9 Å². The molecule has 5 aliphatic rings. The molecular weight excluding hydrogens is 624 g/mol. The molecule has 6 nitrogen and oxygen atoms in total. The van der Waals surface area contributed by atoms with Gasteiger partial charge in [0.05, 0.1) is 18.3 Å². The highest BCUT2D eigenvalue weighted by atomic mass is 16.5. The summed E-state index contributed by atoms with van der Waals surface area (Å²) in [7, 11) is 0. The number of hydrogen-bond acceptors (Lipinski definition) is 5. The number of carbonyl (C=O) groups excluding carboxylic acids is 2. The minimum absolute atomic E-state index is 0.00864. The monoisotopic (exact) mass is 688 g/mol. The van der Waals surface area contributed by atoms with Crippen LogP contribution >= 0.6 is 0 Å². The molecule has 5 fully saturated rings. The average molecular weight is 689 g/mol. The van der Waals surface area contributed by atoms with E-state index in [0.717, 1.165) is 56.9 Å². The van der Waals surface area contributed by atoms with Gasteiger partial charge in [-0.3, -0.25) is 14.4 Å². The number of hydrogen-bond donors (Lipinski definition) is 1. The largest absolute Gasteiger partial charge is 0.481 e. The van der Waals surface area contributed by atoms with E-state index >= 15 is 0 Å². The van der Waals surface area contributed by atoms with Crippen molar-refractivity contribution in [2.75, 3.05) is 0 Å². The van der Waals surface area contributed by atoms with E-state index in [1.165, 1.54) is 18.4 Å². The normalized spacial score (nSPS) is 40.3. The summed E-state index contributed by atoms with van der Waals surface area (Å²) < 4.78 is 11.9. The molecular formula is C44H64O6. The van der Waals surface area contributed by atoms with Crippen LogP contribution in [-0.2, 0) is 30.5 Å². The number of carboxylic acids is 1. The molecule has 5 saturated carbocycles. The lowest BCUT2D eigenvalue weighted by molar-refractivity contribution is -0.250. The zero-order valence-corrected chi connectivity index (χ0v) is 32.2. The van der Waals surface area contributed by atoms with Crippen LogP contribution in [0.25, 0.3) is 0 Å². The standard InChI is InChI=1S/C44H64O6/c1-28(2)30-17-22-44(25-35(45)46)24-23-42(8)31(37(30)44)15-16-33-41(7)20-19-34(40(5,6)32(41)18-21-43(33,42)9)50-36(47)26-39(3,4)38(48)49-27-29-13-11-10-12-14-29/h10-14,30-34,37H,1,15-27H2,2-9H3,(H,45,46)/t30-,31?,32?,33?,34-,37?,41-,42+,43+,44+/m0/s1. The number of aliphatic carboxylic acids is 1. The van der Waals surface area contributed by atoms with Crippen molar-refractivity contribution in [2.24, 2.45) is 62.1 Å². The molecule has 0 heterocycles. The first-order valence-corrected chi connectivity index (χ1v) is 19.6. The molecule has 0 bridgehead atoms. The highest BCUT2D eigenvalue weighted by Gasteiger charge is 2.71. The van der Waals surface area contributed by atoms with E-state index in [0.29, 0.717) is 36.0 Å². The van der Waals surface area contributed by atoms with Crippen molar-refractivity contribution in [2.45, 2.75) is 145 Å². The van der Waals surface area contributed by atoms with Gasteiger partial charge in [0.2, 0.25) is 0 Å². The highest BCUT2D eigenvalue weighted by Crippen LogP contribution is 2.78. The smallest absolute Gasteiger partial charge is 0.312 e. The van der Waals surface area contributed by atoms with Crippen LogP contribution in [0.4, 0.5) is 0 Å². The lowest BCUT2D eigenvalue weighted by atomic mass is 9.32. The molecule has 1 aromatic carbocycles. The Kier molecular flexibility index (Phi) is 9.50. The molecule has 0 aliphatic heterocycles. The summed E-state index contributed by atoms with van der Waals surface area (Å²) in [4.78, 5) is 38.8. The predicted octanol–water partition coefficient (Wildman–Crippen LogP) is 10.2. The van der Waals surface area contributed by atoms with Gasteiger partial charge in [0.1, 0.15) is 12.7 Å². The fraction of sp³-hybridized carbons (Fsp3) is 0.750. The molecule has 6 heteroatoms. The summed E-state index contributed by atoms with van der Waals surface area (Å²) in [6, 6.07) is 9.60. The Labute approximate surface area is 301 Å². The van der Waals surface area contributed by atoms with Crippen LogP contribution < -0.4 is 0 Å². The van der Waals surface area contributed by atoms with Crippen LogP contribution in [-0.4, -0.2) is 29.1 Å². The summed E-state index contributed by atoms with van der Waals surface area (Å²) >= 11 is 0. The Morgan fingerprint density at radius 2 is 1.56 bits per heavy atom. The molecule has 0 saturated heterocycles. The number of benzene rings is 1. The summed E-state index contributed by atoms with van der Waals surface area (Å²) in [6.07, 6.45) is 10.8. The van der Waals surface area contributed by atoms with E-state index in [2.05, 4.69) is 48.1 Å². The predicted molar refractivity (Wildman–Crippen MR) is 196 cm³/mol. The molecule has 50 heavy (non-hydrogen) atoms. The van der Waals surface area contributed by atoms with Gasteiger partial charge in [-0.25, -0.2) is 0 Å². The van der Waals surface area contributed by atoms with E-state index in [1.807, 2.05) is 30.3 Å². The molecule has 0 radical (unpaired) electrons. The second-order valence-corrected chi connectivity index (χ2v) is 19.6. The van der Waals surface area contributed by atoms with Crippen molar-refractivity contribution in [1.82, 2.24) is 0 Å². The highest BCUT2D eigenvalue weighted by molar-refractivity contribution is 5.82. The van der Waals surface area contributed by atoms with Crippen LogP contribution in [0.3, 0.4) is 0 Å². The number of carbonyl (C=O) groups is 3. The zero-order valence-electron chi connectivity index (χ0n) is 32.2. The van der Waals surface area contributed by atoms with Gasteiger partial charge in [0.15, 0.2) is 0 Å². The lowest BCUT2D eigenvalue weighted by Crippen LogP contribution is -2.66. The topological polar surface area (TPSA) is 89.9 Å². The molecule has 10 atom stereocenters. The van der Waals surface area contributed by atoms with Crippen LogP contribution in [0, 0.1) is 62.1 Å². The number of esters is 2. The maximum absolute atomic E-state index is 13.5. The van der Waals surface area contributed by atoms with E-state index < -0.39 is 11.4 Å². The van der Waals surface area contributed by atoms with Gasteiger partial charge in [-0.05, 0) is 142 Å². The third-order valence-corrected chi connectivity index (χ3v) is 16.3. The fourth-order valence-electron chi connectivity index (χ4n) is 13.6. The minimum Gasteiger partial charge on any atom is -0.481 e. The third kappa shape index (κ3) is 5.87. The molecule has 4 unspecified atom stereocenters. The fourth-order valence-corrected chi connectivity index (χ4v) is 13.6. The van der Waals surface area contributed by atoms with E-state index in [1.54, 1.807) is 13.8 Å². The number of allylic oxidation sites excluding steroid dienone is 1. The maximum atomic E-state index is 13.5. The van der Waals surface area contributed by atoms with Gasteiger partial charge < -0.3 is 14.6 Å². The van der Waals surface area contributed by atoms with Crippen molar-refractivity contribution in [3.63, 3.8) is 0 Å². The van der Waals surface area contributed by atoms with Crippen molar-refractivity contribution < 1.29 is 29.0 Å². The lowest BCUT2D eigenvalue weighted by Gasteiger charge is -2.73. The number of ether oxygens (including phenoxy) is 2. The van der Waals surface area contributed by atoms with Gasteiger partial charge in [0.25, 0.3) is 0 Å². The Balaban J connectivity index is 1.17. The van der Waals surface area contributed by atoms with Crippen LogP contribution in [0.5, 0.6) is 0 Å². The second kappa shape index (κ2) is 12.8. The molecule has 0 aromatic heterocycles. The first-order valence-electron chi connectivity index (χ1n) is 19.6. The van der Waals surface area contributed by atoms with Crippen LogP contribution in [0.2, 0.25) is 0 Å². The number of rotatable bonds is 9. The Morgan fingerprint density at radius 1 is 0.860 bits per heavy atom. The quantitative estimate of drug-likeness (QED) is 0.205. The van der Waals surface area contributed by atoms with Gasteiger partial charge in [-0.1, -0.05) is 77.1 Å². The molecule has 1 aromatic rings. The van der Waals surface area contributed by atoms with E-state index in [-0.39, 0.29) is 58.1 Å². The van der Waals surface area contributed by atoms with Crippen molar-refractivity contribution in [3.8, 4) is 0 Å². The molecule has 1 N–H and O–H groups in total. The Hall–Kier alpha value is -2.63. The number of carboxylic acid groups (broad SMARTS) is 1. The van der Waals surface area contributed by atoms with Gasteiger partial charge in [-0.15, -0.1) is 0 Å². The maximum Gasteiger partial charge on any atom is 0.312 e. The zero-order chi connectivity index (χ0) is 36.5. The third-order valence-electron chi connectivity index (χ3n) is 16.3. The van der Waals surface area contributed by atoms with E-state index in [4.69, 9.17) is 9.47 Å². The Morgan fingerprint density at radius 3 is 2.22 bits per heavy atom. The minimum atomic E-state index is -0.982. The molecule has 5 aliphatic carbocycles. The molecule has 0 amide bonds. The first-order chi connectivity index (χ1) is 23.3. The SMILES string of the molecule is C=C(C)[C@@H]1CC[C@]2(CC(=O)O)CC[C@]3(C)C(CCC4[C@@]5(C)CC[C@H](OC(=O)CC(C)(C)C(=O)OCc6ccccc6)C(C)(C)C5CC[C@]43C)C12. The second-order valence-electron chi connectivity index (χ2n) is 19.6. The Bertz CT molecular complexity index is 1490. The molecule has 0 spiro atoms. The van der Waals surface area contributed by atoms with Gasteiger partial charge in [-0.2, -0.15) is 0 Å². The number of fused-ring (bicyclic) bond motifs is 7. The van der Waals surface area contributed by atoms with Gasteiger partial charge in [0, 0.05) is 5.41 Å². The van der Waals surface area contributed by atoms with Crippen molar-refractivity contribution in [1.29, 1.82) is 0 Å². The summed E-state index contributed by atoms with van der Waals surface area (Å²) in [5, 5.41) is 10.1. The van der Waals surface area contributed by atoms with Crippen LogP contribution in [0.15, 0.2) is 42.5 Å². The first kappa shape index (κ1) is 37.1. The summed E-state index contributed by atoms with van der Waals surface area (Å²) in [5.41, 5.74) is 1.35. The summed E-state index contributed by atoms with van der Waals surface area (Å²) in [6.45, 7) is 22.7. The summed E-state index contributed by atoms with van der Waals surface area (Å²) in [5.74, 6) is 0.996. The average Bonchev–Trinajstić information content (AvgIpc) is 3.41.